The summed E-state index contributed by atoms with van der Waals surface area (Å²) in [4.78, 5) is 16.5. The maximum Gasteiger partial charge on any atom is 0.325 e. The Morgan fingerprint density at radius 2 is 2.19 bits per heavy atom. The quantitative estimate of drug-likeness (QED) is 0.830. The van der Waals surface area contributed by atoms with Crippen LogP contribution in [0.5, 0.6) is 0 Å². The fraction of sp³-hybridized carbons (Fsp3) is 0.500. The number of aryl methyl sites for hydroxylation is 1. The summed E-state index contributed by atoms with van der Waals surface area (Å²) in [5.41, 5.74) is 2.33. The number of esters is 1. The van der Waals surface area contributed by atoms with Gasteiger partial charge in [0.25, 0.3) is 0 Å². The molecule has 0 saturated heterocycles. The lowest BCUT2D eigenvalue weighted by Crippen LogP contribution is -2.49. The van der Waals surface area contributed by atoms with Crippen LogP contribution >= 0.6 is 0 Å². The van der Waals surface area contributed by atoms with E-state index in [1.807, 2.05) is 42.8 Å². The molecule has 21 heavy (non-hydrogen) atoms. The molecule has 0 bridgehead atoms. The highest BCUT2D eigenvalue weighted by atomic mass is 16.5. The number of aromatic nitrogens is 2. The second-order valence-electron chi connectivity index (χ2n) is 5.63. The summed E-state index contributed by atoms with van der Waals surface area (Å²) < 4.78 is 6.91. The van der Waals surface area contributed by atoms with Gasteiger partial charge in [0.2, 0.25) is 0 Å². The number of rotatable bonds is 6. The van der Waals surface area contributed by atoms with E-state index >= 15 is 0 Å². The first-order chi connectivity index (χ1) is 9.98. The van der Waals surface area contributed by atoms with Crippen molar-refractivity contribution in [2.45, 2.75) is 45.7 Å². The third-order valence-electron chi connectivity index (χ3n) is 3.69. The Bertz CT molecular complexity index is 635. The SMILES string of the molecule is CCCC(C)(NCc1cn2cc(C)ccc2n1)C(=O)OC. The maximum absolute atomic E-state index is 12.0. The number of imidazole rings is 1. The van der Waals surface area contributed by atoms with Gasteiger partial charge in [-0.2, -0.15) is 0 Å². The van der Waals surface area contributed by atoms with Crippen LogP contribution in [-0.2, 0) is 16.1 Å². The summed E-state index contributed by atoms with van der Waals surface area (Å²) in [6, 6.07) is 4.03. The van der Waals surface area contributed by atoms with Crippen LogP contribution in [0.25, 0.3) is 5.65 Å². The third-order valence-corrected chi connectivity index (χ3v) is 3.69. The van der Waals surface area contributed by atoms with Crippen LogP contribution in [0.2, 0.25) is 0 Å². The van der Waals surface area contributed by atoms with Crippen LogP contribution in [0, 0.1) is 6.92 Å². The minimum absolute atomic E-state index is 0.232. The molecule has 1 atom stereocenters. The molecule has 0 aliphatic heterocycles. The molecule has 2 rings (SSSR count). The van der Waals surface area contributed by atoms with E-state index in [9.17, 15) is 4.79 Å². The number of carbonyl (C=O) groups excluding carboxylic acids is 1. The maximum atomic E-state index is 12.0. The second-order valence-corrected chi connectivity index (χ2v) is 5.63. The average molecular weight is 289 g/mol. The van der Waals surface area contributed by atoms with Crippen molar-refractivity contribution in [3.8, 4) is 0 Å². The zero-order valence-corrected chi connectivity index (χ0v) is 13.1. The van der Waals surface area contributed by atoms with Crippen molar-refractivity contribution in [3.63, 3.8) is 0 Å². The van der Waals surface area contributed by atoms with Gasteiger partial charge in [-0.15, -0.1) is 0 Å². The van der Waals surface area contributed by atoms with Crippen LogP contribution in [0.1, 0.15) is 37.9 Å². The third kappa shape index (κ3) is 3.42. The van der Waals surface area contributed by atoms with E-state index in [1.165, 1.54) is 12.7 Å². The number of nitrogens with one attached hydrogen (secondary N) is 1. The standard InChI is InChI=1S/C16H23N3O2/c1-5-8-16(3,15(20)21-4)17-9-13-11-19-10-12(2)6-7-14(19)18-13/h6-7,10-11,17H,5,8-9H2,1-4H3. The van der Waals surface area contributed by atoms with Gasteiger partial charge in [0.05, 0.1) is 12.8 Å². The van der Waals surface area contributed by atoms with Gasteiger partial charge in [0, 0.05) is 18.9 Å². The molecule has 2 heterocycles. The van der Waals surface area contributed by atoms with Gasteiger partial charge >= 0.3 is 5.97 Å². The first-order valence-corrected chi connectivity index (χ1v) is 7.26. The lowest BCUT2D eigenvalue weighted by molar-refractivity contribution is -0.148. The van der Waals surface area contributed by atoms with Crippen molar-refractivity contribution in [1.29, 1.82) is 0 Å². The highest BCUT2D eigenvalue weighted by molar-refractivity contribution is 5.80. The smallest absolute Gasteiger partial charge is 0.325 e. The second kappa shape index (κ2) is 6.26. The molecule has 0 spiro atoms. The van der Waals surface area contributed by atoms with Gasteiger partial charge in [-0.25, -0.2) is 4.98 Å². The Hall–Kier alpha value is -1.88. The lowest BCUT2D eigenvalue weighted by Gasteiger charge is -2.27. The van der Waals surface area contributed by atoms with E-state index in [0.29, 0.717) is 6.54 Å². The molecule has 114 valence electrons. The van der Waals surface area contributed by atoms with Gasteiger partial charge in [-0.1, -0.05) is 19.4 Å². The molecule has 5 nitrogen and oxygen atoms in total. The lowest BCUT2D eigenvalue weighted by atomic mass is 9.96. The molecule has 2 aromatic heterocycles. The summed E-state index contributed by atoms with van der Waals surface area (Å²) in [7, 11) is 1.42. The number of ether oxygens (including phenoxy) is 1. The average Bonchev–Trinajstić information content (AvgIpc) is 2.86. The van der Waals surface area contributed by atoms with Crippen LogP contribution in [0.4, 0.5) is 0 Å². The molecule has 1 unspecified atom stereocenters. The predicted molar refractivity (Wildman–Crippen MR) is 82.1 cm³/mol. The Balaban J connectivity index is 2.13. The molecule has 5 heteroatoms. The molecular weight excluding hydrogens is 266 g/mol. The molecule has 0 radical (unpaired) electrons. The van der Waals surface area contributed by atoms with Crippen molar-refractivity contribution in [2.75, 3.05) is 7.11 Å². The Kier molecular flexibility index (Phi) is 4.63. The molecular formula is C16H23N3O2. The van der Waals surface area contributed by atoms with Crippen molar-refractivity contribution < 1.29 is 9.53 Å². The summed E-state index contributed by atoms with van der Waals surface area (Å²) in [6.07, 6.45) is 5.66. The molecule has 0 saturated carbocycles. The molecule has 0 amide bonds. The highest BCUT2D eigenvalue weighted by Crippen LogP contribution is 2.16. The Morgan fingerprint density at radius 3 is 2.86 bits per heavy atom. The molecule has 1 N–H and O–H groups in total. The molecule has 0 aliphatic rings. The number of hydrogen-bond acceptors (Lipinski definition) is 4. The topological polar surface area (TPSA) is 55.6 Å². The number of nitrogens with zero attached hydrogens (tertiary/aromatic N) is 2. The van der Waals surface area contributed by atoms with Gasteiger partial charge in [0.15, 0.2) is 0 Å². The van der Waals surface area contributed by atoms with E-state index in [0.717, 1.165) is 24.2 Å². The van der Waals surface area contributed by atoms with Crippen molar-refractivity contribution in [3.05, 3.63) is 35.8 Å². The first-order valence-electron chi connectivity index (χ1n) is 7.26. The van der Waals surface area contributed by atoms with E-state index in [4.69, 9.17) is 4.74 Å². The fourth-order valence-electron chi connectivity index (χ4n) is 2.51. The van der Waals surface area contributed by atoms with Crippen LogP contribution in [0.3, 0.4) is 0 Å². The van der Waals surface area contributed by atoms with E-state index in [2.05, 4.69) is 17.2 Å². The minimum atomic E-state index is -0.671. The summed E-state index contributed by atoms with van der Waals surface area (Å²) in [5, 5.41) is 3.29. The summed E-state index contributed by atoms with van der Waals surface area (Å²) in [5.74, 6) is -0.232. The zero-order chi connectivity index (χ0) is 15.5. The van der Waals surface area contributed by atoms with Crippen LogP contribution in [0.15, 0.2) is 24.5 Å². The number of fused-ring (bicyclic) bond motifs is 1. The monoisotopic (exact) mass is 289 g/mol. The van der Waals surface area contributed by atoms with Gasteiger partial charge in [-0.05, 0) is 31.9 Å². The molecule has 0 aliphatic carbocycles. The van der Waals surface area contributed by atoms with Crippen molar-refractivity contribution in [2.24, 2.45) is 0 Å². The number of methoxy groups -OCH3 is 1. The van der Waals surface area contributed by atoms with Gasteiger partial charge < -0.3 is 9.14 Å². The van der Waals surface area contributed by atoms with E-state index < -0.39 is 5.54 Å². The predicted octanol–water partition coefficient (Wildman–Crippen LogP) is 2.46. The van der Waals surface area contributed by atoms with Crippen LogP contribution < -0.4 is 5.32 Å². The van der Waals surface area contributed by atoms with Crippen molar-refractivity contribution in [1.82, 2.24) is 14.7 Å². The van der Waals surface area contributed by atoms with E-state index in [-0.39, 0.29) is 5.97 Å². The normalized spacial score (nSPS) is 14.1. The molecule has 0 aromatic carbocycles. The van der Waals surface area contributed by atoms with Gasteiger partial charge in [0.1, 0.15) is 11.2 Å². The number of hydrogen-bond donors (Lipinski definition) is 1. The van der Waals surface area contributed by atoms with E-state index in [1.54, 1.807) is 0 Å². The highest BCUT2D eigenvalue weighted by Gasteiger charge is 2.32. The largest absolute Gasteiger partial charge is 0.468 e. The molecule has 0 fully saturated rings. The molecule has 2 aromatic rings. The zero-order valence-electron chi connectivity index (χ0n) is 13.1. The van der Waals surface area contributed by atoms with Crippen molar-refractivity contribution >= 4 is 11.6 Å². The summed E-state index contributed by atoms with van der Waals surface area (Å²) >= 11 is 0. The van der Waals surface area contributed by atoms with Crippen LogP contribution in [-0.4, -0.2) is 28.0 Å². The Morgan fingerprint density at radius 1 is 1.43 bits per heavy atom. The minimum Gasteiger partial charge on any atom is -0.468 e. The first kappa shape index (κ1) is 15.5. The number of carbonyl (C=O) groups is 1. The fourth-order valence-corrected chi connectivity index (χ4v) is 2.51. The Labute approximate surface area is 125 Å². The van der Waals surface area contributed by atoms with Gasteiger partial charge in [-0.3, -0.25) is 10.1 Å². The summed E-state index contributed by atoms with van der Waals surface area (Å²) in [6.45, 7) is 6.51. The number of pyridine rings is 1.